The van der Waals surface area contributed by atoms with Crippen molar-refractivity contribution in [1.29, 1.82) is 0 Å². The van der Waals surface area contributed by atoms with Gasteiger partial charge in [0.25, 0.3) is 0 Å². The molecule has 1 aromatic rings. The van der Waals surface area contributed by atoms with Gasteiger partial charge in [0, 0.05) is 24.3 Å². The zero-order valence-electron chi connectivity index (χ0n) is 10.8. The van der Waals surface area contributed by atoms with Gasteiger partial charge in [0.05, 0.1) is 6.10 Å². The van der Waals surface area contributed by atoms with Gasteiger partial charge in [-0.05, 0) is 32.3 Å². The molecule has 2 rings (SSSR count). The van der Waals surface area contributed by atoms with Crippen molar-refractivity contribution in [1.82, 2.24) is 4.98 Å². The van der Waals surface area contributed by atoms with Gasteiger partial charge in [-0.25, -0.2) is 4.98 Å². The third-order valence-corrected chi connectivity index (χ3v) is 3.28. The molecule has 1 unspecified atom stereocenters. The van der Waals surface area contributed by atoms with E-state index in [1.807, 2.05) is 25.3 Å². The Morgan fingerprint density at radius 1 is 1.53 bits per heavy atom. The highest BCUT2D eigenvalue weighted by Gasteiger charge is 2.31. The van der Waals surface area contributed by atoms with Crippen LogP contribution in [-0.4, -0.2) is 22.7 Å². The van der Waals surface area contributed by atoms with Gasteiger partial charge in [0.2, 0.25) is 0 Å². The summed E-state index contributed by atoms with van der Waals surface area (Å²) in [6, 6.07) is 4.53. The number of anilines is 1. The summed E-state index contributed by atoms with van der Waals surface area (Å²) in [5.74, 6) is 0.985. The molecule has 94 valence electrons. The minimum atomic E-state index is -0.443. The molecule has 1 aromatic heterocycles. The molecule has 1 aliphatic carbocycles. The van der Waals surface area contributed by atoms with Crippen molar-refractivity contribution in [2.24, 2.45) is 0 Å². The molecule has 0 saturated heterocycles. The summed E-state index contributed by atoms with van der Waals surface area (Å²) in [5.41, 5.74) is 0.954. The Balaban J connectivity index is 2.22. The number of aliphatic hydroxyl groups is 1. The number of pyridine rings is 1. The second-order valence-electron chi connectivity index (χ2n) is 4.87. The van der Waals surface area contributed by atoms with Crippen LogP contribution in [-0.2, 0) is 0 Å². The van der Waals surface area contributed by atoms with E-state index in [1.54, 1.807) is 0 Å². The fourth-order valence-corrected chi connectivity index (χ4v) is 2.15. The number of rotatable bonds is 6. The van der Waals surface area contributed by atoms with Crippen molar-refractivity contribution >= 4 is 5.82 Å². The van der Waals surface area contributed by atoms with E-state index in [9.17, 15) is 5.11 Å². The molecule has 1 saturated carbocycles. The topological polar surface area (TPSA) is 36.4 Å². The Bertz CT molecular complexity index is 361. The van der Waals surface area contributed by atoms with Crippen LogP contribution in [0.15, 0.2) is 18.3 Å². The van der Waals surface area contributed by atoms with E-state index in [-0.39, 0.29) is 0 Å². The molecule has 17 heavy (non-hydrogen) atoms. The summed E-state index contributed by atoms with van der Waals surface area (Å²) < 4.78 is 0. The maximum atomic E-state index is 9.81. The molecule has 0 bridgehead atoms. The van der Waals surface area contributed by atoms with Crippen molar-refractivity contribution in [2.45, 2.75) is 51.7 Å². The number of unbranched alkanes of at least 4 members (excludes halogenated alkanes) is 1. The molecule has 1 fully saturated rings. The molecule has 3 nitrogen and oxygen atoms in total. The van der Waals surface area contributed by atoms with E-state index in [2.05, 4.69) is 16.8 Å². The number of aliphatic hydroxyl groups excluding tert-OH is 1. The highest BCUT2D eigenvalue weighted by atomic mass is 16.3. The van der Waals surface area contributed by atoms with Crippen molar-refractivity contribution in [3.05, 3.63) is 23.9 Å². The SMILES string of the molecule is CCCCN(c1ncccc1C(C)O)C1CC1. The third kappa shape index (κ3) is 2.97. The number of hydrogen-bond donors (Lipinski definition) is 1. The molecular weight excluding hydrogens is 212 g/mol. The third-order valence-electron chi connectivity index (χ3n) is 3.28. The first kappa shape index (κ1) is 12.4. The zero-order valence-corrected chi connectivity index (χ0v) is 10.8. The normalized spacial score (nSPS) is 16.9. The number of hydrogen-bond acceptors (Lipinski definition) is 3. The van der Waals surface area contributed by atoms with E-state index in [1.165, 1.54) is 25.7 Å². The summed E-state index contributed by atoms with van der Waals surface area (Å²) in [6.07, 6.45) is 6.29. The predicted octanol–water partition coefficient (Wildman–Crippen LogP) is 2.90. The van der Waals surface area contributed by atoms with Crippen LogP contribution in [0.3, 0.4) is 0 Å². The van der Waals surface area contributed by atoms with Crippen LogP contribution in [0.4, 0.5) is 5.82 Å². The summed E-state index contributed by atoms with van der Waals surface area (Å²) in [5, 5.41) is 9.81. The predicted molar refractivity (Wildman–Crippen MR) is 70.1 cm³/mol. The Kier molecular flexibility index (Phi) is 4.00. The lowest BCUT2D eigenvalue weighted by Gasteiger charge is -2.26. The molecule has 1 aliphatic rings. The second-order valence-corrected chi connectivity index (χ2v) is 4.87. The fraction of sp³-hybridized carbons (Fsp3) is 0.643. The Morgan fingerprint density at radius 3 is 2.88 bits per heavy atom. The second kappa shape index (κ2) is 5.50. The van der Waals surface area contributed by atoms with Crippen molar-refractivity contribution < 1.29 is 5.11 Å². The molecule has 1 N–H and O–H groups in total. The van der Waals surface area contributed by atoms with Crippen LogP contribution in [0.5, 0.6) is 0 Å². The summed E-state index contributed by atoms with van der Waals surface area (Å²) in [7, 11) is 0. The van der Waals surface area contributed by atoms with Crippen LogP contribution in [0.2, 0.25) is 0 Å². The minimum absolute atomic E-state index is 0.443. The minimum Gasteiger partial charge on any atom is -0.389 e. The van der Waals surface area contributed by atoms with E-state index in [0.717, 1.165) is 17.9 Å². The first-order valence-corrected chi connectivity index (χ1v) is 6.63. The van der Waals surface area contributed by atoms with Gasteiger partial charge in [-0.1, -0.05) is 19.4 Å². The van der Waals surface area contributed by atoms with Gasteiger partial charge in [0.15, 0.2) is 0 Å². The monoisotopic (exact) mass is 234 g/mol. The Morgan fingerprint density at radius 2 is 2.29 bits per heavy atom. The molecule has 1 heterocycles. The lowest BCUT2D eigenvalue weighted by atomic mass is 10.1. The van der Waals surface area contributed by atoms with Crippen LogP contribution in [0.1, 0.15) is 51.2 Å². The quantitative estimate of drug-likeness (QED) is 0.822. The summed E-state index contributed by atoms with van der Waals surface area (Å²) in [6.45, 7) is 5.07. The van der Waals surface area contributed by atoms with Crippen LogP contribution in [0, 0.1) is 0 Å². The first-order valence-electron chi connectivity index (χ1n) is 6.63. The molecule has 0 aliphatic heterocycles. The molecule has 0 radical (unpaired) electrons. The number of nitrogens with zero attached hydrogens (tertiary/aromatic N) is 2. The first-order chi connectivity index (χ1) is 8.24. The zero-order chi connectivity index (χ0) is 12.3. The van der Waals surface area contributed by atoms with Gasteiger partial charge in [-0.15, -0.1) is 0 Å². The summed E-state index contributed by atoms with van der Waals surface area (Å²) >= 11 is 0. The molecule has 0 aromatic carbocycles. The standard InChI is InChI=1S/C14H22N2O/c1-3-4-10-16(12-7-8-12)14-13(11(2)17)6-5-9-15-14/h5-6,9,11-12,17H,3-4,7-8,10H2,1-2H3. The Labute approximate surface area is 103 Å². The molecule has 1 atom stereocenters. The lowest BCUT2D eigenvalue weighted by Crippen LogP contribution is -2.29. The van der Waals surface area contributed by atoms with Gasteiger partial charge >= 0.3 is 0 Å². The summed E-state index contributed by atoms with van der Waals surface area (Å²) in [4.78, 5) is 6.86. The van der Waals surface area contributed by atoms with E-state index < -0.39 is 6.10 Å². The molecular formula is C14H22N2O. The molecule has 3 heteroatoms. The lowest BCUT2D eigenvalue weighted by molar-refractivity contribution is 0.199. The Hall–Kier alpha value is -1.09. The van der Waals surface area contributed by atoms with Crippen LogP contribution in [0.25, 0.3) is 0 Å². The van der Waals surface area contributed by atoms with Crippen molar-refractivity contribution in [2.75, 3.05) is 11.4 Å². The van der Waals surface area contributed by atoms with Crippen LogP contribution < -0.4 is 4.90 Å². The fourth-order valence-electron chi connectivity index (χ4n) is 2.15. The van der Waals surface area contributed by atoms with E-state index in [4.69, 9.17) is 0 Å². The smallest absolute Gasteiger partial charge is 0.134 e. The highest BCUT2D eigenvalue weighted by molar-refractivity contribution is 5.49. The van der Waals surface area contributed by atoms with Gasteiger partial charge < -0.3 is 10.0 Å². The molecule has 0 amide bonds. The van der Waals surface area contributed by atoms with Gasteiger partial charge in [-0.2, -0.15) is 0 Å². The largest absolute Gasteiger partial charge is 0.389 e. The maximum Gasteiger partial charge on any atom is 0.134 e. The number of aromatic nitrogens is 1. The maximum absolute atomic E-state index is 9.81. The van der Waals surface area contributed by atoms with Gasteiger partial charge in [0.1, 0.15) is 5.82 Å². The van der Waals surface area contributed by atoms with Crippen LogP contribution >= 0.6 is 0 Å². The average molecular weight is 234 g/mol. The molecule has 0 spiro atoms. The van der Waals surface area contributed by atoms with Gasteiger partial charge in [-0.3, -0.25) is 0 Å². The van der Waals surface area contributed by atoms with Crippen molar-refractivity contribution in [3.63, 3.8) is 0 Å². The van der Waals surface area contributed by atoms with E-state index in [0.29, 0.717) is 6.04 Å². The van der Waals surface area contributed by atoms with Crippen molar-refractivity contribution in [3.8, 4) is 0 Å². The van der Waals surface area contributed by atoms with E-state index >= 15 is 0 Å². The highest BCUT2D eigenvalue weighted by Crippen LogP contribution is 2.34. The average Bonchev–Trinajstić information content (AvgIpc) is 3.14.